The first kappa shape index (κ1) is 30.9. The molecule has 0 N–H and O–H groups in total. The van der Waals surface area contributed by atoms with Crippen LogP contribution in [0.1, 0.15) is 29.7 Å². The standard InChI is InChI=1S/C34H33N5O6S/c1-4-45-33(41)29-30(22-8-6-5-7-9-22)35-34-38(31(29)23-10-13-26(44-3)14-11-23)32(40)28(46-34)21-24-20-25(39(42)43)12-15-27(24)37-18-16-36(2)17-19-37/h5-15,20-21,31H,4,16-19H2,1-3H3/b28-21+/t31-/m1/s1. The summed E-state index contributed by atoms with van der Waals surface area (Å²) in [4.78, 5) is 49.1. The number of hydrogen-bond donors (Lipinski definition) is 0. The average Bonchev–Trinajstić information content (AvgIpc) is 3.38. The summed E-state index contributed by atoms with van der Waals surface area (Å²) < 4.78 is 12.8. The van der Waals surface area contributed by atoms with Crippen LogP contribution < -0.4 is 24.5 Å². The molecular formula is C34H33N5O6S. The minimum atomic E-state index is -0.847. The fourth-order valence-corrected chi connectivity index (χ4v) is 6.78. The van der Waals surface area contributed by atoms with Gasteiger partial charge in [-0.05, 0) is 43.8 Å². The third-order valence-corrected chi connectivity index (χ3v) is 9.14. The lowest BCUT2D eigenvalue weighted by Gasteiger charge is -2.34. The first-order valence-corrected chi connectivity index (χ1v) is 15.7. The Morgan fingerprint density at radius 3 is 2.43 bits per heavy atom. The fraction of sp³-hybridized carbons (Fsp3) is 0.265. The summed E-state index contributed by atoms with van der Waals surface area (Å²) in [5.74, 6) is 0.0550. The highest BCUT2D eigenvalue weighted by atomic mass is 32.1. The van der Waals surface area contributed by atoms with E-state index in [9.17, 15) is 19.7 Å². The largest absolute Gasteiger partial charge is 0.497 e. The molecule has 3 aromatic carbocycles. The third-order valence-electron chi connectivity index (χ3n) is 8.16. The van der Waals surface area contributed by atoms with Gasteiger partial charge >= 0.3 is 5.97 Å². The summed E-state index contributed by atoms with van der Waals surface area (Å²) in [5, 5.41) is 11.8. The molecule has 2 aliphatic heterocycles. The van der Waals surface area contributed by atoms with Crippen LogP contribution in [0.25, 0.3) is 11.8 Å². The molecule has 236 valence electrons. The highest BCUT2D eigenvalue weighted by molar-refractivity contribution is 7.07. The SMILES string of the molecule is CCOC(=O)C1=C(c2ccccc2)N=c2s/c(=C/c3cc([N+](=O)[O-])ccc3N3CCN(C)CC3)c(=O)n2[C@@H]1c1ccc(OC)cc1. The van der Waals surface area contributed by atoms with Crippen molar-refractivity contribution in [3.63, 3.8) is 0 Å². The number of ether oxygens (including phenoxy) is 2. The number of esters is 1. The monoisotopic (exact) mass is 639 g/mol. The Kier molecular flexibility index (Phi) is 8.82. The number of fused-ring (bicyclic) bond motifs is 1. The quantitative estimate of drug-likeness (QED) is 0.163. The number of aromatic nitrogens is 1. The maximum atomic E-state index is 14.4. The maximum absolute atomic E-state index is 14.4. The van der Waals surface area contributed by atoms with Crippen molar-refractivity contribution in [2.45, 2.75) is 13.0 Å². The fourth-order valence-electron chi connectivity index (χ4n) is 5.79. The van der Waals surface area contributed by atoms with Crippen LogP contribution in [0.4, 0.5) is 11.4 Å². The molecule has 1 atom stereocenters. The van der Waals surface area contributed by atoms with Crippen LogP contribution in [0, 0.1) is 10.1 Å². The second kappa shape index (κ2) is 13.1. The predicted octanol–water partition coefficient (Wildman–Crippen LogP) is 3.60. The number of nitrogens with zero attached hydrogens (tertiary/aromatic N) is 5. The number of nitro benzene ring substituents is 1. The van der Waals surface area contributed by atoms with E-state index in [4.69, 9.17) is 14.5 Å². The van der Waals surface area contributed by atoms with Gasteiger partial charge in [0.15, 0.2) is 4.80 Å². The molecule has 6 rings (SSSR count). The minimum Gasteiger partial charge on any atom is -0.497 e. The number of nitro groups is 1. The zero-order chi connectivity index (χ0) is 32.4. The molecular weight excluding hydrogens is 606 g/mol. The number of benzene rings is 3. The van der Waals surface area contributed by atoms with Gasteiger partial charge in [0.2, 0.25) is 0 Å². The maximum Gasteiger partial charge on any atom is 0.338 e. The molecule has 46 heavy (non-hydrogen) atoms. The van der Waals surface area contributed by atoms with Crippen LogP contribution in [0.15, 0.2) is 88.2 Å². The first-order valence-electron chi connectivity index (χ1n) is 14.9. The van der Waals surface area contributed by atoms with Crippen molar-refractivity contribution in [1.82, 2.24) is 9.47 Å². The van der Waals surface area contributed by atoms with Crippen molar-refractivity contribution in [1.29, 1.82) is 0 Å². The molecule has 1 fully saturated rings. The molecule has 0 amide bonds. The van der Waals surface area contributed by atoms with Crippen molar-refractivity contribution in [3.05, 3.63) is 125 Å². The summed E-state index contributed by atoms with van der Waals surface area (Å²) in [6, 6.07) is 20.4. The van der Waals surface area contributed by atoms with Crippen molar-refractivity contribution in [3.8, 4) is 5.75 Å². The lowest BCUT2D eigenvalue weighted by Crippen LogP contribution is -2.44. The Morgan fingerprint density at radius 2 is 1.78 bits per heavy atom. The van der Waals surface area contributed by atoms with E-state index in [1.165, 1.54) is 28.0 Å². The molecule has 0 radical (unpaired) electrons. The van der Waals surface area contributed by atoms with E-state index in [0.717, 1.165) is 31.9 Å². The van der Waals surface area contributed by atoms with Gasteiger partial charge in [-0.25, -0.2) is 9.79 Å². The number of rotatable bonds is 8. The Morgan fingerprint density at radius 1 is 1.07 bits per heavy atom. The normalized spacial score (nSPS) is 17.0. The van der Waals surface area contributed by atoms with E-state index in [-0.39, 0.29) is 23.4 Å². The van der Waals surface area contributed by atoms with E-state index >= 15 is 0 Å². The number of thiazole rings is 1. The first-order chi connectivity index (χ1) is 22.3. The number of anilines is 1. The van der Waals surface area contributed by atoms with Crippen molar-refractivity contribution < 1.29 is 19.2 Å². The van der Waals surface area contributed by atoms with Gasteiger partial charge < -0.3 is 19.3 Å². The highest BCUT2D eigenvalue weighted by Crippen LogP contribution is 2.36. The molecule has 0 saturated carbocycles. The van der Waals surface area contributed by atoms with Gasteiger partial charge in [-0.2, -0.15) is 0 Å². The minimum absolute atomic E-state index is 0.0658. The van der Waals surface area contributed by atoms with Gasteiger partial charge in [-0.3, -0.25) is 19.5 Å². The highest BCUT2D eigenvalue weighted by Gasteiger charge is 2.35. The topological polar surface area (TPSA) is 120 Å². The lowest BCUT2D eigenvalue weighted by atomic mass is 9.93. The van der Waals surface area contributed by atoms with E-state index in [1.54, 1.807) is 38.3 Å². The van der Waals surface area contributed by atoms with Crippen molar-refractivity contribution in [2.24, 2.45) is 4.99 Å². The van der Waals surface area contributed by atoms with Crippen molar-refractivity contribution in [2.75, 3.05) is 51.8 Å². The number of methoxy groups -OCH3 is 1. The number of non-ortho nitro benzene ring substituents is 1. The number of likely N-dealkylation sites (N-methyl/N-ethyl adjacent to an activating group) is 1. The van der Waals surface area contributed by atoms with Crippen LogP contribution in [-0.4, -0.2) is 67.3 Å². The molecule has 4 aromatic rings. The molecule has 0 unspecified atom stereocenters. The molecule has 2 aliphatic rings. The smallest absolute Gasteiger partial charge is 0.338 e. The van der Waals surface area contributed by atoms with Crippen LogP contribution in [0.3, 0.4) is 0 Å². The molecule has 1 saturated heterocycles. The Balaban J connectivity index is 1.60. The van der Waals surface area contributed by atoms with E-state index < -0.39 is 16.9 Å². The molecule has 3 heterocycles. The Hall–Kier alpha value is -5.07. The van der Waals surface area contributed by atoms with Crippen LogP contribution in [0.2, 0.25) is 0 Å². The van der Waals surface area contributed by atoms with Crippen LogP contribution in [-0.2, 0) is 9.53 Å². The number of carbonyl (C=O) groups excluding carboxylic acids is 1. The van der Waals surface area contributed by atoms with Crippen LogP contribution in [0.5, 0.6) is 5.75 Å². The molecule has 0 spiro atoms. The van der Waals surface area contributed by atoms with Gasteiger partial charge in [0.05, 0.1) is 40.5 Å². The van der Waals surface area contributed by atoms with Gasteiger partial charge in [0, 0.05) is 55.1 Å². The summed E-state index contributed by atoms with van der Waals surface area (Å²) in [5.41, 5.74) is 2.99. The van der Waals surface area contributed by atoms with Gasteiger partial charge in [-0.15, -0.1) is 0 Å². The number of piperazine rings is 1. The van der Waals surface area contributed by atoms with Gasteiger partial charge in [0.25, 0.3) is 11.2 Å². The Bertz CT molecular complexity index is 1990. The Labute approximate surface area is 269 Å². The second-order valence-electron chi connectivity index (χ2n) is 11.0. The molecule has 0 aliphatic carbocycles. The van der Waals surface area contributed by atoms with Crippen molar-refractivity contribution >= 4 is 40.5 Å². The molecule has 0 bridgehead atoms. The van der Waals surface area contributed by atoms with E-state index in [2.05, 4.69) is 16.8 Å². The molecule has 12 heteroatoms. The number of carbonyl (C=O) groups is 1. The summed E-state index contributed by atoms with van der Waals surface area (Å²) in [6.07, 6.45) is 1.70. The third kappa shape index (κ3) is 5.96. The van der Waals surface area contributed by atoms with Gasteiger partial charge in [-0.1, -0.05) is 53.8 Å². The molecule has 11 nitrogen and oxygen atoms in total. The molecule has 1 aromatic heterocycles. The second-order valence-corrected chi connectivity index (χ2v) is 12.0. The summed E-state index contributed by atoms with van der Waals surface area (Å²) in [7, 11) is 3.63. The van der Waals surface area contributed by atoms with E-state index in [1.807, 2.05) is 42.5 Å². The van der Waals surface area contributed by atoms with Crippen LogP contribution >= 0.6 is 11.3 Å². The van der Waals surface area contributed by atoms with Gasteiger partial charge in [0.1, 0.15) is 5.75 Å². The lowest BCUT2D eigenvalue weighted by molar-refractivity contribution is -0.384. The summed E-state index contributed by atoms with van der Waals surface area (Å²) >= 11 is 1.18. The zero-order valence-corrected chi connectivity index (χ0v) is 26.5. The van der Waals surface area contributed by atoms with E-state index in [0.29, 0.717) is 37.5 Å². The summed E-state index contributed by atoms with van der Waals surface area (Å²) in [6.45, 7) is 5.06. The number of hydrogen-bond acceptors (Lipinski definition) is 10. The predicted molar refractivity (Wildman–Crippen MR) is 177 cm³/mol. The average molecular weight is 640 g/mol. The zero-order valence-electron chi connectivity index (χ0n) is 25.7.